The molecule has 1 N–H and O–H groups in total. The molecule has 9 heteroatoms. The van der Waals surface area contributed by atoms with Gasteiger partial charge < -0.3 is 5.11 Å². The average Bonchev–Trinajstić information content (AvgIpc) is 2.38. The van der Waals surface area contributed by atoms with Crippen LogP contribution in [-0.4, -0.2) is 35.4 Å². The summed E-state index contributed by atoms with van der Waals surface area (Å²) < 4.78 is 107. The first-order valence-electron chi connectivity index (χ1n) is 6.99. The van der Waals surface area contributed by atoms with E-state index < -0.39 is 56.0 Å². The van der Waals surface area contributed by atoms with Crippen LogP contribution in [0.1, 0.15) is 51.9 Å². The van der Waals surface area contributed by atoms with Crippen molar-refractivity contribution in [1.82, 2.24) is 0 Å². The van der Waals surface area contributed by atoms with Gasteiger partial charge in [-0.05, 0) is 19.3 Å². The van der Waals surface area contributed by atoms with Crippen molar-refractivity contribution >= 4 is 0 Å². The summed E-state index contributed by atoms with van der Waals surface area (Å²) >= 11 is 0. The van der Waals surface area contributed by atoms with Crippen LogP contribution in [0.25, 0.3) is 0 Å². The topological polar surface area (TPSA) is 20.2 Å². The van der Waals surface area contributed by atoms with Crippen LogP contribution >= 0.6 is 0 Å². The van der Waals surface area contributed by atoms with E-state index in [9.17, 15) is 35.1 Å². The highest BCUT2D eigenvalue weighted by Gasteiger charge is 2.79. The summed E-state index contributed by atoms with van der Waals surface area (Å²) in [5.41, 5.74) is 0. The van der Waals surface area contributed by atoms with Gasteiger partial charge in [-0.2, -0.15) is 35.1 Å². The number of hydrogen-bond acceptors (Lipinski definition) is 1. The Hall–Kier alpha value is -0.600. The summed E-state index contributed by atoms with van der Waals surface area (Å²) in [5.74, 6) is -22.9. The van der Waals surface area contributed by atoms with Gasteiger partial charge in [0.05, 0.1) is 0 Å². The molecule has 0 radical (unpaired) electrons. The summed E-state index contributed by atoms with van der Waals surface area (Å²) in [6, 6.07) is 0. The molecule has 0 aliphatic carbocycles. The lowest BCUT2D eigenvalue weighted by atomic mass is 9.92. The molecular weight excluding hydrogens is 324 g/mol. The molecule has 0 aliphatic heterocycles. The van der Waals surface area contributed by atoms with Crippen LogP contribution in [0.3, 0.4) is 0 Å². The molecule has 0 fully saturated rings. The highest BCUT2D eigenvalue weighted by atomic mass is 19.4. The van der Waals surface area contributed by atoms with E-state index in [0.29, 0.717) is 6.42 Å². The minimum atomic E-state index is -6.18. The predicted octanol–water partition coefficient (Wildman–Crippen LogP) is 5.27. The zero-order valence-corrected chi connectivity index (χ0v) is 12.1. The number of unbranched alkanes of at least 4 members (excludes halogenated alkanes) is 3. The normalized spacial score (nSPS) is 14.5. The van der Waals surface area contributed by atoms with Crippen LogP contribution in [0.4, 0.5) is 35.1 Å². The molecule has 22 heavy (non-hydrogen) atoms. The molecule has 0 heterocycles. The van der Waals surface area contributed by atoms with Crippen LogP contribution < -0.4 is 0 Å². The zero-order valence-electron chi connectivity index (χ0n) is 12.1. The molecule has 1 nitrogen and oxygen atoms in total. The second-order valence-corrected chi connectivity index (χ2v) is 5.20. The van der Waals surface area contributed by atoms with Crippen molar-refractivity contribution in [2.24, 2.45) is 0 Å². The molecule has 0 aliphatic rings. The van der Waals surface area contributed by atoms with Crippen LogP contribution in [0.15, 0.2) is 0 Å². The van der Waals surface area contributed by atoms with Gasteiger partial charge in [0, 0.05) is 19.4 Å². The van der Waals surface area contributed by atoms with Crippen molar-refractivity contribution in [2.75, 3.05) is 6.61 Å². The van der Waals surface area contributed by atoms with Gasteiger partial charge in [0.2, 0.25) is 0 Å². The minimum Gasteiger partial charge on any atom is -0.396 e. The van der Waals surface area contributed by atoms with Crippen LogP contribution in [0.5, 0.6) is 0 Å². The van der Waals surface area contributed by atoms with E-state index in [0.717, 1.165) is 0 Å². The van der Waals surface area contributed by atoms with E-state index in [1.165, 1.54) is 0 Å². The Morgan fingerprint density at radius 3 is 1.32 bits per heavy atom. The quantitative estimate of drug-likeness (QED) is 0.400. The maximum Gasteiger partial charge on any atom is 0.378 e. The second-order valence-electron chi connectivity index (χ2n) is 5.20. The summed E-state index contributed by atoms with van der Waals surface area (Å²) in [7, 11) is 0. The smallest absolute Gasteiger partial charge is 0.378 e. The maximum absolute atomic E-state index is 13.4. The largest absolute Gasteiger partial charge is 0.396 e. The molecule has 0 unspecified atom stereocenters. The fourth-order valence-electron chi connectivity index (χ4n) is 1.83. The number of halogens is 8. The van der Waals surface area contributed by atoms with E-state index in [-0.39, 0.29) is 12.8 Å². The molecule has 0 bridgehead atoms. The Labute approximate surface area is 123 Å². The lowest BCUT2D eigenvalue weighted by molar-refractivity contribution is -0.368. The van der Waals surface area contributed by atoms with Crippen molar-refractivity contribution in [2.45, 2.75) is 75.6 Å². The molecule has 0 saturated carbocycles. The first-order valence-corrected chi connectivity index (χ1v) is 6.99. The Kier molecular flexibility index (Phi) is 7.57. The van der Waals surface area contributed by atoms with Crippen LogP contribution in [0, 0.1) is 0 Å². The zero-order chi connectivity index (χ0) is 17.7. The SMILES string of the molecule is CCCCCC(F)(F)C(F)(F)C(F)(F)C(F)(F)CCCCO. The first-order chi connectivity index (χ1) is 9.87. The van der Waals surface area contributed by atoms with E-state index >= 15 is 0 Å². The van der Waals surface area contributed by atoms with Crippen LogP contribution in [-0.2, 0) is 0 Å². The van der Waals surface area contributed by atoms with Gasteiger partial charge in [-0.25, -0.2) is 0 Å². The Bertz CT molecular complexity index is 298. The van der Waals surface area contributed by atoms with Crippen molar-refractivity contribution in [1.29, 1.82) is 0 Å². The second kappa shape index (κ2) is 7.79. The maximum atomic E-state index is 13.4. The van der Waals surface area contributed by atoms with Crippen molar-refractivity contribution in [3.05, 3.63) is 0 Å². The number of rotatable bonds is 11. The summed E-state index contributed by atoms with van der Waals surface area (Å²) in [5, 5.41) is 8.37. The number of aliphatic hydroxyl groups excluding tert-OH is 1. The highest BCUT2D eigenvalue weighted by Crippen LogP contribution is 2.55. The Morgan fingerprint density at radius 2 is 1.00 bits per heavy atom. The fourth-order valence-corrected chi connectivity index (χ4v) is 1.83. The number of alkyl halides is 8. The molecule has 0 aromatic rings. The third kappa shape index (κ3) is 4.45. The third-order valence-corrected chi connectivity index (χ3v) is 3.31. The number of aliphatic hydroxyl groups is 1. The lowest BCUT2D eigenvalue weighted by Crippen LogP contribution is -2.62. The van der Waals surface area contributed by atoms with E-state index in [4.69, 9.17) is 5.11 Å². The summed E-state index contributed by atoms with van der Waals surface area (Å²) in [4.78, 5) is 0. The van der Waals surface area contributed by atoms with Crippen molar-refractivity contribution in [3.63, 3.8) is 0 Å². The van der Waals surface area contributed by atoms with E-state index in [1.807, 2.05) is 0 Å². The fraction of sp³-hybridized carbons (Fsp3) is 1.00. The van der Waals surface area contributed by atoms with Gasteiger partial charge in [0.15, 0.2) is 0 Å². The molecule has 0 saturated heterocycles. The van der Waals surface area contributed by atoms with Crippen LogP contribution in [0.2, 0.25) is 0 Å². The average molecular weight is 344 g/mol. The highest BCUT2D eigenvalue weighted by molar-refractivity contribution is 5.03. The van der Waals surface area contributed by atoms with Crippen molar-refractivity contribution in [3.8, 4) is 0 Å². The number of hydrogen-bond donors (Lipinski definition) is 1. The van der Waals surface area contributed by atoms with Gasteiger partial charge in [0.25, 0.3) is 0 Å². The Balaban J connectivity index is 5.18. The molecular formula is C13H20F8O. The van der Waals surface area contributed by atoms with E-state index in [2.05, 4.69) is 0 Å². The van der Waals surface area contributed by atoms with Gasteiger partial charge in [-0.1, -0.05) is 19.8 Å². The molecule has 0 atom stereocenters. The van der Waals surface area contributed by atoms with Gasteiger partial charge in [-0.15, -0.1) is 0 Å². The van der Waals surface area contributed by atoms with Crippen molar-refractivity contribution < 1.29 is 40.2 Å². The molecule has 0 aromatic heterocycles. The standard InChI is InChI=1S/C13H20F8O/c1-2-3-4-7-10(14,15)12(18,19)13(20,21)11(16,17)8-5-6-9-22/h22H,2-9H2,1H3. The molecule has 134 valence electrons. The lowest BCUT2D eigenvalue weighted by Gasteiger charge is -2.37. The molecule has 0 aromatic carbocycles. The molecule has 0 spiro atoms. The summed E-state index contributed by atoms with van der Waals surface area (Å²) in [6.45, 7) is 0.991. The van der Waals surface area contributed by atoms with E-state index in [1.54, 1.807) is 6.92 Å². The van der Waals surface area contributed by atoms with Gasteiger partial charge >= 0.3 is 23.7 Å². The minimum absolute atomic E-state index is 0.101. The van der Waals surface area contributed by atoms with Gasteiger partial charge in [-0.3, -0.25) is 0 Å². The first kappa shape index (κ1) is 21.4. The monoisotopic (exact) mass is 344 g/mol. The predicted molar refractivity (Wildman–Crippen MR) is 64.9 cm³/mol. The molecule has 0 rings (SSSR count). The summed E-state index contributed by atoms with van der Waals surface area (Å²) in [6.07, 6.45) is -4.27. The molecule has 0 amide bonds. The third-order valence-electron chi connectivity index (χ3n) is 3.31. The Morgan fingerprint density at radius 1 is 0.636 bits per heavy atom. The van der Waals surface area contributed by atoms with Gasteiger partial charge in [0.1, 0.15) is 0 Å².